The Morgan fingerprint density at radius 2 is 1.94 bits per heavy atom. The summed E-state index contributed by atoms with van der Waals surface area (Å²) in [5.74, 6) is 2.09. The number of methoxy groups -OCH3 is 1. The fourth-order valence-electron chi connectivity index (χ4n) is 4.22. The summed E-state index contributed by atoms with van der Waals surface area (Å²) in [5, 5.41) is 5.90. The van der Waals surface area contributed by atoms with E-state index in [0.717, 1.165) is 53.4 Å². The van der Waals surface area contributed by atoms with Crippen molar-refractivity contribution >= 4 is 44.9 Å². The lowest BCUT2D eigenvalue weighted by Crippen LogP contribution is -2.50. The predicted molar refractivity (Wildman–Crippen MR) is 123 cm³/mol. The SMILES string of the molecule is COc1cc(O[N+]2(C)CCCCC2)c2c(Nc3ccc4[nH]cc(Cl)c4c3)ncnc2c1. The number of benzene rings is 2. The minimum atomic E-state index is 0.529. The van der Waals surface area contributed by atoms with Crippen LogP contribution in [0.15, 0.2) is 42.9 Å². The minimum absolute atomic E-state index is 0.529. The number of nitrogens with zero attached hydrogens (tertiary/aromatic N) is 3. The largest absolute Gasteiger partial charge is 0.497 e. The number of fused-ring (bicyclic) bond motifs is 2. The number of ether oxygens (including phenoxy) is 1. The van der Waals surface area contributed by atoms with E-state index in [9.17, 15) is 0 Å². The third-order valence-corrected chi connectivity index (χ3v) is 6.20. The van der Waals surface area contributed by atoms with Gasteiger partial charge in [0.25, 0.3) is 0 Å². The molecule has 8 heteroatoms. The molecule has 5 rings (SSSR count). The molecule has 0 aliphatic carbocycles. The quantitative estimate of drug-likeness (QED) is 0.406. The molecule has 0 bridgehead atoms. The van der Waals surface area contributed by atoms with E-state index in [-0.39, 0.29) is 0 Å². The highest BCUT2D eigenvalue weighted by Gasteiger charge is 2.30. The number of hydrogen-bond acceptors (Lipinski definition) is 5. The van der Waals surface area contributed by atoms with Crippen molar-refractivity contribution in [2.45, 2.75) is 19.3 Å². The van der Waals surface area contributed by atoms with Crippen LogP contribution in [0.3, 0.4) is 0 Å². The van der Waals surface area contributed by atoms with Crippen LogP contribution in [0.1, 0.15) is 19.3 Å². The number of hydrogen-bond donors (Lipinski definition) is 2. The van der Waals surface area contributed by atoms with Crippen LogP contribution in [-0.2, 0) is 0 Å². The van der Waals surface area contributed by atoms with E-state index in [1.54, 1.807) is 19.6 Å². The molecule has 0 amide bonds. The molecular weight excluding hydrogens is 414 g/mol. The van der Waals surface area contributed by atoms with Gasteiger partial charge in [-0.2, -0.15) is 0 Å². The Morgan fingerprint density at radius 1 is 1.10 bits per heavy atom. The van der Waals surface area contributed by atoms with Crippen molar-refractivity contribution in [3.05, 3.63) is 47.9 Å². The number of rotatable bonds is 5. The van der Waals surface area contributed by atoms with Gasteiger partial charge in [-0.25, -0.2) is 9.97 Å². The maximum atomic E-state index is 6.57. The van der Waals surface area contributed by atoms with Crippen LogP contribution in [0, 0.1) is 0 Å². The smallest absolute Gasteiger partial charge is 0.206 e. The summed E-state index contributed by atoms with van der Waals surface area (Å²) in [5.41, 5.74) is 2.63. The summed E-state index contributed by atoms with van der Waals surface area (Å²) < 4.78 is 6.04. The van der Waals surface area contributed by atoms with E-state index in [2.05, 4.69) is 27.3 Å². The lowest BCUT2D eigenvalue weighted by Gasteiger charge is -2.35. The summed E-state index contributed by atoms with van der Waals surface area (Å²) >= 11 is 6.30. The number of anilines is 2. The molecule has 0 atom stereocenters. The van der Waals surface area contributed by atoms with Gasteiger partial charge in [-0.1, -0.05) is 11.6 Å². The highest BCUT2D eigenvalue weighted by Crippen LogP contribution is 2.37. The molecule has 2 aromatic carbocycles. The number of halogens is 1. The Bertz CT molecular complexity index is 1250. The predicted octanol–water partition coefficient (Wildman–Crippen LogP) is 5.44. The molecular formula is C23H25ClN5O2+. The average Bonchev–Trinajstić information content (AvgIpc) is 3.14. The zero-order valence-corrected chi connectivity index (χ0v) is 18.4. The number of quaternary nitrogens is 1. The first-order chi connectivity index (χ1) is 15.0. The number of aromatic nitrogens is 3. The zero-order chi connectivity index (χ0) is 21.4. The van der Waals surface area contributed by atoms with Gasteiger partial charge in [0.1, 0.15) is 38.0 Å². The Balaban J connectivity index is 1.59. The molecule has 2 N–H and O–H groups in total. The number of nitrogens with one attached hydrogen (secondary N) is 2. The Morgan fingerprint density at radius 3 is 2.74 bits per heavy atom. The summed E-state index contributed by atoms with van der Waals surface area (Å²) in [4.78, 5) is 18.7. The molecule has 7 nitrogen and oxygen atoms in total. The molecule has 2 aromatic heterocycles. The van der Waals surface area contributed by atoms with Gasteiger partial charge in [-0.05, 0) is 24.6 Å². The number of H-pyrrole nitrogens is 1. The summed E-state index contributed by atoms with van der Waals surface area (Å²) in [6.07, 6.45) is 6.88. The first-order valence-corrected chi connectivity index (χ1v) is 10.8. The summed E-state index contributed by atoms with van der Waals surface area (Å²) in [7, 11) is 3.78. The van der Waals surface area contributed by atoms with Crippen LogP contribution in [-0.4, -0.2) is 46.8 Å². The van der Waals surface area contributed by atoms with Crippen molar-refractivity contribution in [1.82, 2.24) is 15.0 Å². The fraction of sp³-hybridized carbons (Fsp3) is 0.304. The van der Waals surface area contributed by atoms with Crippen LogP contribution in [0.25, 0.3) is 21.8 Å². The van der Waals surface area contributed by atoms with Crippen LogP contribution < -0.4 is 14.9 Å². The number of hydroxylamine groups is 3. The van der Waals surface area contributed by atoms with Gasteiger partial charge < -0.3 is 19.9 Å². The monoisotopic (exact) mass is 438 g/mol. The molecule has 3 heterocycles. The van der Waals surface area contributed by atoms with Gasteiger partial charge in [0.15, 0.2) is 0 Å². The van der Waals surface area contributed by atoms with E-state index in [4.69, 9.17) is 21.2 Å². The van der Waals surface area contributed by atoms with Gasteiger partial charge in [0.2, 0.25) is 5.75 Å². The van der Waals surface area contributed by atoms with E-state index in [1.165, 1.54) is 6.42 Å². The standard InChI is InChI=1S/C23H25ClN5O2/c1-29(8-4-3-5-9-29)31-21-12-16(30-2)11-20-22(21)23(27-14-26-20)28-15-6-7-19-17(10-15)18(24)13-25-19/h6-7,10-14,25H,3-5,8-9H2,1-2H3,(H,26,27,28)/q+1. The van der Waals surface area contributed by atoms with Gasteiger partial charge in [0, 0.05) is 47.8 Å². The van der Waals surface area contributed by atoms with Crippen molar-refractivity contribution in [3.8, 4) is 11.5 Å². The molecule has 31 heavy (non-hydrogen) atoms. The first kappa shape index (κ1) is 19.9. The molecule has 4 aromatic rings. The Labute approximate surface area is 185 Å². The number of aromatic amines is 1. The molecule has 1 fully saturated rings. The maximum absolute atomic E-state index is 6.57. The molecule has 1 saturated heterocycles. The third-order valence-electron chi connectivity index (χ3n) is 5.89. The molecule has 1 aliphatic rings. The Hall–Kier alpha value is -3.03. The van der Waals surface area contributed by atoms with E-state index < -0.39 is 0 Å². The second-order valence-corrected chi connectivity index (χ2v) is 8.57. The van der Waals surface area contributed by atoms with E-state index in [0.29, 0.717) is 27.0 Å². The minimum Gasteiger partial charge on any atom is -0.497 e. The van der Waals surface area contributed by atoms with Crippen molar-refractivity contribution in [2.75, 3.05) is 32.6 Å². The number of piperidine rings is 1. The highest BCUT2D eigenvalue weighted by atomic mass is 35.5. The van der Waals surface area contributed by atoms with Crippen LogP contribution in [0.4, 0.5) is 11.5 Å². The van der Waals surface area contributed by atoms with Crippen LogP contribution >= 0.6 is 11.6 Å². The topological polar surface area (TPSA) is 72.1 Å². The van der Waals surface area contributed by atoms with Gasteiger partial charge in [-0.15, -0.1) is 4.65 Å². The van der Waals surface area contributed by atoms with E-state index >= 15 is 0 Å². The van der Waals surface area contributed by atoms with E-state index in [1.807, 2.05) is 30.3 Å². The molecule has 160 valence electrons. The summed E-state index contributed by atoms with van der Waals surface area (Å²) in [6, 6.07) is 9.81. The molecule has 0 radical (unpaired) electrons. The number of likely N-dealkylation sites (tertiary alicyclic amines) is 1. The van der Waals surface area contributed by atoms with Crippen LogP contribution in [0.5, 0.6) is 11.5 Å². The van der Waals surface area contributed by atoms with Crippen molar-refractivity contribution in [3.63, 3.8) is 0 Å². The lowest BCUT2D eigenvalue weighted by atomic mass is 10.1. The van der Waals surface area contributed by atoms with Crippen molar-refractivity contribution in [1.29, 1.82) is 0 Å². The van der Waals surface area contributed by atoms with Crippen molar-refractivity contribution in [2.24, 2.45) is 0 Å². The van der Waals surface area contributed by atoms with Crippen LogP contribution in [0.2, 0.25) is 5.02 Å². The molecule has 0 spiro atoms. The fourth-order valence-corrected chi connectivity index (χ4v) is 4.44. The lowest BCUT2D eigenvalue weighted by molar-refractivity contribution is -1.07. The second-order valence-electron chi connectivity index (χ2n) is 8.16. The second kappa shape index (κ2) is 7.90. The first-order valence-electron chi connectivity index (χ1n) is 10.5. The Kier molecular flexibility index (Phi) is 5.08. The molecule has 0 unspecified atom stereocenters. The average molecular weight is 439 g/mol. The van der Waals surface area contributed by atoms with Gasteiger partial charge in [0.05, 0.1) is 23.0 Å². The highest BCUT2D eigenvalue weighted by molar-refractivity contribution is 6.35. The molecule has 0 saturated carbocycles. The van der Waals surface area contributed by atoms with Crippen molar-refractivity contribution < 1.29 is 14.2 Å². The third kappa shape index (κ3) is 3.86. The molecule has 1 aliphatic heterocycles. The maximum Gasteiger partial charge on any atom is 0.206 e. The zero-order valence-electron chi connectivity index (χ0n) is 17.6. The van der Waals surface area contributed by atoms with Gasteiger partial charge in [-0.3, -0.25) is 0 Å². The van der Waals surface area contributed by atoms with Gasteiger partial charge >= 0.3 is 0 Å². The summed E-state index contributed by atoms with van der Waals surface area (Å²) in [6.45, 7) is 1.94. The normalized spacial score (nSPS) is 15.8.